The number of imidazole rings is 1. The van der Waals surface area contributed by atoms with Crippen molar-refractivity contribution in [3.8, 4) is 33.6 Å². The number of amides is 1. The molecule has 0 spiro atoms. The summed E-state index contributed by atoms with van der Waals surface area (Å²) in [5.41, 5.74) is 6.83. The van der Waals surface area contributed by atoms with Gasteiger partial charge in [-0.3, -0.25) is 4.79 Å². The number of aryl methyl sites for hydroxylation is 1. The molecule has 0 bridgehead atoms. The minimum atomic E-state index is -0.381. The van der Waals surface area contributed by atoms with Crippen molar-refractivity contribution in [3.63, 3.8) is 0 Å². The average molecular weight is 633 g/mol. The lowest BCUT2D eigenvalue weighted by molar-refractivity contribution is 0.102. The van der Waals surface area contributed by atoms with Crippen LogP contribution in [0.1, 0.15) is 34.8 Å². The molecule has 7 rings (SSSR count). The number of hydrogen-bond acceptors (Lipinski definition) is 4. The van der Waals surface area contributed by atoms with E-state index in [9.17, 15) is 4.79 Å². The molecule has 0 saturated carbocycles. The van der Waals surface area contributed by atoms with E-state index in [1.54, 1.807) is 0 Å². The van der Waals surface area contributed by atoms with Crippen LogP contribution in [0.25, 0.3) is 44.5 Å². The summed E-state index contributed by atoms with van der Waals surface area (Å²) in [6, 6.07) is 32.8. The fourth-order valence-corrected chi connectivity index (χ4v) is 6.07. The normalized spacial score (nSPS) is 12.0. The van der Waals surface area contributed by atoms with Crippen LogP contribution in [0.2, 0.25) is 10.0 Å². The Morgan fingerprint density at radius 3 is 2.24 bits per heavy atom. The van der Waals surface area contributed by atoms with Crippen molar-refractivity contribution in [3.05, 3.63) is 137 Å². The van der Waals surface area contributed by atoms with Gasteiger partial charge in [0.2, 0.25) is 0 Å². The number of aromatic amines is 1. The lowest BCUT2D eigenvalue weighted by atomic mass is 9.99. The van der Waals surface area contributed by atoms with E-state index in [-0.39, 0.29) is 11.9 Å². The van der Waals surface area contributed by atoms with Gasteiger partial charge < -0.3 is 19.4 Å². The molecule has 7 aromatic rings. The molecule has 1 atom stereocenters. The zero-order chi connectivity index (χ0) is 31.1. The van der Waals surface area contributed by atoms with Crippen LogP contribution >= 0.6 is 23.2 Å². The molecule has 9 heteroatoms. The number of H-pyrrole nitrogens is 1. The van der Waals surface area contributed by atoms with E-state index < -0.39 is 0 Å². The van der Waals surface area contributed by atoms with E-state index in [0.29, 0.717) is 38.4 Å². The highest BCUT2D eigenvalue weighted by molar-refractivity contribution is 6.31. The van der Waals surface area contributed by atoms with Crippen molar-refractivity contribution in [1.29, 1.82) is 0 Å². The van der Waals surface area contributed by atoms with Gasteiger partial charge in [0, 0.05) is 32.1 Å². The Morgan fingerprint density at radius 1 is 0.867 bits per heavy atom. The van der Waals surface area contributed by atoms with Crippen LogP contribution in [-0.4, -0.2) is 25.6 Å². The summed E-state index contributed by atoms with van der Waals surface area (Å²) in [5, 5.41) is 9.26. The van der Waals surface area contributed by atoms with E-state index in [4.69, 9.17) is 32.7 Å². The van der Waals surface area contributed by atoms with Gasteiger partial charge in [0.15, 0.2) is 5.82 Å². The highest BCUT2D eigenvalue weighted by Gasteiger charge is 2.29. The maximum atomic E-state index is 14.3. The predicted octanol–water partition coefficient (Wildman–Crippen LogP) is 9.83. The van der Waals surface area contributed by atoms with Crippen LogP contribution in [0, 0.1) is 6.92 Å². The third-order valence-electron chi connectivity index (χ3n) is 7.99. The lowest BCUT2D eigenvalue weighted by Gasteiger charge is -2.19. The summed E-state index contributed by atoms with van der Waals surface area (Å²) >= 11 is 12.7. The van der Waals surface area contributed by atoms with Crippen LogP contribution < -0.4 is 5.32 Å². The van der Waals surface area contributed by atoms with E-state index in [1.165, 1.54) is 0 Å². The standard InChI is InChI=1S/C36H27Cl2N5O2/c1-21(23-13-15-26(37)16-14-23)43-20-39-32(25-11-7-4-8-12-25)34(43)31-28-18-17-27(38)19-29(28)40-33(31)36(44)41-35-30(22(2)45-42-35)24-9-5-3-6-10-24/h3-21,40H,1-2H3,(H,41,42,44)/t21-/m0/s1. The van der Waals surface area contributed by atoms with E-state index in [0.717, 1.165) is 39.0 Å². The molecule has 1 amide bonds. The van der Waals surface area contributed by atoms with Crippen molar-refractivity contribution >= 4 is 45.8 Å². The van der Waals surface area contributed by atoms with Gasteiger partial charge in [0.25, 0.3) is 5.91 Å². The zero-order valence-corrected chi connectivity index (χ0v) is 25.9. The number of rotatable bonds is 7. The molecule has 0 fully saturated rings. The van der Waals surface area contributed by atoms with Crippen LogP contribution in [-0.2, 0) is 0 Å². The quantitative estimate of drug-likeness (QED) is 0.183. The first-order valence-electron chi connectivity index (χ1n) is 14.4. The maximum absolute atomic E-state index is 14.3. The van der Waals surface area contributed by atoms with Crippen LogP contribution in [0.4, 0.5) is 5.82 Å². The zero-order valence-electron chi connectivity index (χ0n) is 24.4. The number of benzene rings is 4. The molecule has 0 saturated heterocycles. The number of nitrogens with zero attached hydrogens (tertiary/aromatic N) is 3. The predicted molar refractivity (Wildman–Crippen MR) is 180 cm³/mol. The Hall–Kier alpha value is -5.11. The first-order valence-corrected chi connectivity index (χ1v) is 15.2. The molecule has 0 radical (unpaired) electrons. The van der Waals surface area contributed by atoms with Crippen LogP contribution in [0.3, 0.4) is 0 Å². The topological polar surface area (TPSA) is 88.7 Å². The fraction of sp³-hybridized carbons (Fsp3) is 0.0833. The minimum absolute atomic E-state index is 0.140. The van der Waals surface area contributed by atoms with Gasteiger partial charge in [-0.1, -0.05) is 107 Å². The van der Waals surface area contributed by atoms with Gasteiger partial charge in [-0.25, -0.2) is 4.98 Å². The second-order valence-corrected chi connectivity index (χ2v) is 11.7. The number of hydrogen-bond donors (Lipinski definition) is 2. The molecule has 0 aliphatic heterocycles. The lowest BCUT2D eigenvalue weighted by Crippen LogP contribution is -2.15. The first-order chi connectivity index (χ1) is 21.9. The number of anilines is 1. The molecule has 0 unspecified atom stereocenters. The number of halogens is 2. The van der Waals surface area contributed by atoms with Gasteiger partial charge in [-0.15, -0.1) is 0 Å². The van der Waals surface area contributed by atoms with Crippen LogP contribution in [0.5, 0.6) is 0 Å². The molecule has 7 nitrogen and oxygen atoms in total. The van der Waals surface area contributed by atoms with E-state index >= 15 is 0 Å². The summed E-state index contributed by atoms with van der Waals surface area (Å²) in [5.74, 6) is 0.549. The first kappa shape index (κ1) is 28.6. The van der Waals surface area contributed by atoms with E-state index in [1.807, 2.05) is 116 Å². The molecular weight excluding hydrogens is 605 g/mol. The van der Waals surface area contributed by atoms with Crippen molar-refractivity contribution in [2.24, 2.45) is 0 Å². The third kappa shape index (κ3) is 5.30. The Bertz CT molecular complexity index is 2150. The Balaban J connectivity index is 1.43. The fourth-order valence-electron chi connectivity index (χ4n) is 5.77. The number of carbonyl (C=O) groups is 1. The highest BCUT2D eigenvalue weighted by Crippen LogP contribution is 2.42. The molecule has 4 aromatic carbocycles. The second-order valence-electron chi connectivity index (χ2n) is 10.8. The van der Waals surface area contributed by atoms with Gasteiger partial charge in [-0.05, 0) is 49.2 Å². The molecular formula is C36H27Cl2N5O2. The number of aromatic nitrogens is 4. The number of fused-ring (bicyclic) bond motifs is 1. The third-order valence-corrected chi connectivity index (χ3v) is 8.48. The maximum Gasteiger partial charge on any atom is 0.274 e. The molecule has 3 heterocycles. The van der Waals surface area contributed by atoms with Crippen molar-refractivity contribution in [1.82, 2.24) is 19.7 Å². The largest absolute Gasteiger partial charge is 0.359 e. The molecule has 3 aromatic heterocycles. The molecule has 2 N–H and O–H groups in total. The summed E-state index contributed by atoms with van der Waals surface area (Å²) in [6.07, 6.45) is 1.82. The van der Waals surface area contributed by atoms with Gasteiger partial charge in [0.1, 0.15) is 11.5 Å². The van der Waals surface area contributed by atoms with Crippen LogP contribution in [0.15, 0.2) is 114 Å². The SMILES string of the molecule is Cc1onc(NC(=O)c2[nH]c3cc(Cl)ccc3c2-c2c(-c3ccccc3)ncn2[C@@H](C)c2ccc(Cl)cc2)c1-c1ccccc1. The Morgan fingerprint density at radius 2 is 1.53 bits per heavy atom. The summed E-state index contributed by atoms with van der Waals surface area (Å²) in [4.78, 5) is 22.6. The Kier molecular flexibility index (Phi) is 7.49. The smallest absolute Gasteiger partial charge is 0.274 e. The Labute approximate surface area is 269 Å². The van der Waals surface area contributed by atoms with Crippen molar-refractivity contribution in [2.75, 3.05) is 5.32 Å². The molecule has 45 heavy (non-hydrogen) atoms. The van der Waals surface area contributed by atoms with Crippen molar-refractivity contribution in [2.45, 2.75) is 19.9 Å². The summed E-state index contributed by atoms with van der Waals surface area (Å²) in [6.45, 7) is 3.92. The average Bonchev–Trinajstić information content (AvgIpc) is 3.76. The monoisotopic (exact) mass is 631 g/mol. The second kappa shape index (κ2) is 11.8. The van der Waals surface area contributed by atoms with Gasteiger partial charge in [0.05, 0.1) is 29.3 Å². The van der Waals surface area contributed by atoms with Gasteiger partial charge >= 0.3 is 0 Å². The molecule has 0 aliphatic carbocycles. The summed E-state index contributed by atoms with van der Waals surface area (Å²) in [7, 11) is 0. The van der Waals surface area contributed by atoms with Gasteiger partial charge in [-0.2, -0.15) is 0 Å². The highest BCUT2D eigenvalue weighted by atomic mass is 35.5. The number of nitrogens with one attached hydrogen (secondary N) is 2. The van der Waals surface area contributed by atoms with E-state index in [2.05, 4.69) is 26.9 Å². The van der Waals surface area contributed by atoms with Crippen molar-refractivity contribution < 1.29 is 9.32 Å². The summed E-state index contributed by atoms with van der Waals surface area (Å²) < 4.78 is 7.63. The molecule has 222 valence electrons. The number of carbonyl (C=O) groups excluding carboxylic acids is 1. The molecule has 0 aliphatic rings. The minimum Gasteiger partial charge on any atom is -0.359 e.